The molecule has 0 spiro atoms. The summed E-state index contributed by atoms with van der Waals surface area (Å²) in [5.41, 5.74) is 5.29. The standard InChI is InChI=1S/C19H21N3O4S/c1-12(13-4-6-16-18(10-13)26-9-8-25-16)21-22-19(27)20-14-5-7-15(23-2)17(11-14)24-3/h4-7,10-11H,8-9H2,1-3H3,(H2,20,22,27)/b21-12+. The second-order valence-electron chi connectivity index (χ2n) is 5.69. The Hall–Kier alpha value is -3.00. The number of hydrazone groups is 1. The van der Waals surface area contributed by atoms with Crippen molar-refractivity contribution in [3.63, 3.8) is 0 Å². The van der Waals surface area contributed by atoms with Gasteiger partial charge in [0.15, 0.2) is 28.1 Å². The van der Waals surface area contributed by atoms with Crippen molar-refractivity contribution >= 4 is 28.7 Å². The minimum absolute atomic E-state index is 0.360. The van der Waals surface area contributed by atoms with Crippen molar-refractivity contribution in [2.75, 3.05) is 32.8 Å². The van der Waals surface area contributed by atoms with E-state index in [2.05, 4.69) is 15.8 Å². The summed E-state index contributed by atoms with van der Waals surface area (Å²) in [4.78, 5) is 0. The molecule has 2 aromatic rings. The van der Waals surface area contributed by atoms with Gasteiger partial charge in [-0.25, -0.2) is 0 Å². The van der Waals surface area contributed by atoms with E-state index < -0.39 is 0 Å². The molecular formula is C19H21N3O4S. The van der Waals surface area contributed by atoms with Crippen molar-refractivity contribution < 1.29 is 18.9 Å². The van der Waals surface area contributed by atoms with E-state index in [9.17, 15) is 0 Å². The third-order valence-corrected chi connectivity index (χ3v) is 4.12. The van der Waals surface area contributed by atoms with Crippen LogP contribution in [0.1, 0.15) is 12.5 Å². The molecule has 0 atom stereocenters. The molecule has 0 amide bonds. The number of ether oxygens (including phenoxy) is 4. The first-order valence-electron chi connectivity index (χ1n) is 8.34. The van der Waals surface area contributed by atoms with Crippen LogP contribution >= 0.6 is 12.2 Å². The second-order valence-corrected chi connectivity index (χ2v) is 6.10. The zero-order valence-corrected chi connectivity index (χ0v) is 16.2. The van der Waals surface area contributed by atoms with Crippen LogP contribution in [0.15, 0.2) is 41.5 Å². The number of nitrogens with one attached hydrogen (secondary N) is 2. The van der Waals surface area contributed by atoms with Crippen LogP contribution in [-0.2, 0) is 0 Å². The zero-order valence-electron chi connectivity index (χ0n) is 15.4. The lowest BCUT2D eigenvalue weighted by Crippen LogP contribution is -2.25. The lowest BCUT2D eigenvalue weighted by atomic mass is 10.1. The summed E-state index contributed by atoms with van der Waals surface area (Å²) in [6.07, 6.45) is 0. The Balaban J connectivity index is 1.64. The minimum Gasteiger partial charge on any atom is -0.493 e. The molecule has 0 saturated carbocycles. The molecule has 8 heteroatoms. The van der Waals surface area contributed by atoms with Gasteiger partial charge < -0.3 is 24.3 Å². The third-order valence-electron chi connectivity index (χ3n) is 3.93. The van der Waals surface area contributed by atoms with Crippen LogP contribution in [0.3, 0.4) is 0 Å². The van der Waals surface area contributed by atoms with Crippen LogP contribution in [0.4, 0.5) is 5.69 Å². The Morgan fingerprint density at radius 1 is 1.00 bits per heavy atom. The van der Waals surface area contributed by atoms with Gasteiger partial charge in [0.25, 0.3) is 0 Å². The fourth-order valence-corrected chi connectivity index (χ4v) is 2.70. The summed E-state index contributed by atoms with van der Waals surface area (Å²) < 4.78 is 21.6. The molecule has 142 valence electrons. The normalized spacial score (nSPS) is 12.9. The van der Waals surface area contributed by atoms with Crippen molar-refractivity contribution in [3.8, 4) is 23.0 Å². The van der Waals surface area contributed by atoms with Crippen LogP contribution in [-0.4, -0.2) is 38.3 Å². The molecule has 0 aliphatic carbocycles. The van der Waals surface area contributed by atoms with Crippen LogP contribution in [0.25, 0.3) is 0 Å². The number of hydrogen-bond acceptors (Lipinski definition) is 6. The van der Waals surface area contributed by atoms with Gasteiger partial charge in [0.2, 0.25) is 0 Å². The van der Waals surface area contributed by atoms with Crippen molar-refractivity contribution in [3.05, 3.63) is 42.0 Å². The van der Waals surface area contributed by atoms with Crippen LogP contribution < -0.4 is 29.7 Å². The number of methoxy groups -OCH3 is 2. The van der Waals surface area contributed by atoms with E-state index in [-0.39, 0.29) is 0 Å². The zero-order chi connectivity index (χ0) is 19.2. The third kappa shape index (κ3) is 4.59. The lowest BCUT2D eigenvalue weighted by molar-refractivity contribution is 0.171. The van der Waals surface area contributed by atoms with Crippen molar-refractivity contribution in [2.24, 2.45) is 5.10 Å². The summed E-state index contributed by atoms with van der Waals surface area (Å²) in [7, 11) is 3.17. The highest BCUT2D eigenvalue weighted by Crippen LogP contribution is 2.31. The SMILES string of the molecule is COc1ccc(NC(=S)N/N=C(\C)c2ccc3c(c2)OCCO3)cc1OC. The summed E-state index contributed by atoms with van der Waals surface area (Å²) in [5, 5.41) is 7.74. The molecule has 0 radical (unpaired) electrons. The molecule has 3 rings (SSSR count). The number of rotatable bonds is 5. The fraction of sp³-hybridized carbons (Fsp3) is 0.263. The average molecular weight is 387 g/mol. The Morgan fingerprint density at radius 2 is 1.74 bits per heavy atom. The molecule has 0 saturated heterocycles. The summed E-state index contributed by atoms with van der Waals surface area (Å²) >= 11 is 5.30. The highest BCUT2D eigenvalue weighted by atomic mass is 32.1. The molecule has 1 heterocycles. The number of fused-ring (bicyclic) bond motifs is 1. The molecule has 27 heavy (non-hydrogen) atoms. The van der Waals surface area contributed by atoms with E-state index in [0.29, 0.717) is 29.8 Å². The van der Waals surface area contributed by atoms with Crippen LogP contribution in [0.5, 0.6) is 23.0 Å². The number of nitrogens with zero attached hydrogens (tertiary/aromatic N) is 1. The molecule has 2 aromatic carbocycles. The van der Waals surface area contributed by atoms with Gasteiger partial charge in [0.1, 0.15) is 13.2 Å². The van der Waals surface area contributed by atoms with Crippen molar-refractivity contribution in [1.82, 2.24) is 5.43 Å². The first kappa shape index (κ1) is 18.8. The average Bonchev–Trinajstić information content (AvgIpc) is 2.71. The summed E-state index contributed by atoms with van der Waals surface area (Å²) in [6.45, 7) is 3.00. The Morgan fingerprint density at radius 3 is 2.48 bits per heavy atom. The number of benzene rings is 2. The van der Waals surface area contributed by atoms with Crippen molar-refractivity contribution in [2.45, 2.75) is 6.92 Å². The van der Waals surface area contributed by atoms with Gasteiger partial charge in [-0.15, -0.1) is 0 Å². The quantitative estimate of drug-likeness (QED) is 0.464. The number of hydrogen-bond donors (Lipinski definition) is 2. The first-order chi connectivity index (χ1) is 13.1. The van der Waals surface area contributed by atoms with E-state index in [4.69, 9.17) is 31.2 Å². The Bertz CT molecular complexity index is 870. The van der Waals surface area contributed by atoms with E-state index in [0.717, 1.165) is 28.5 Å². The topological polar surface area (TPSA) is 73.3 Å². The molecule has 2 N–H and O–H groups in total. The van der Waals surface area contributed by atoms with Crippen molar-refractivity contribution in [1.29, 1.82) is 0 Å². The van der Waals surface area contributed by atoms with E-state index >= 15 is 0 Å². The number of anilines is 1. The largest absolute Gasteiger partial charge is 0.493 e. The van der Waals surface area contributed by atoms with Gasteiger partial charge in [-0.3, -0.25) is 5.43 Å². The molecule has 0 bridgehead atoms. The van der Waals surface area contributed by atoms with Gasteiger partial charge >= 0.3 is 0 Å². The highest BCUT2D eigenvalue weighted by Gasteiger charge is 2.12. The number of thiocarbonyl (C=S) groups is 1. The molecule has 0 unspecified atom stereocenters. The maximum atomic E-state index is 5.60. The van der Waals surface area contributed by atoms with E-state index in [1.54, 1.807) is 26.4 Å². The molecule has 0 aromatic heterocycles. The van der Waals surface area contributed by atoms with Gasteiger partial charge in [-0.1, -0.05) is 0 Å². The highest BCUT2D eigenvalue weighted by molar-refractivity contribution is 7.80. The Labute approximate surface area is 163 Å². The maximum Gasteiger partial charge on any atom is 0.191 e. The monoisotopic (exact) mass is 387 g/mol. The molecule has 1 aliphatic heterocycles. The fourth-order valence-electron chi connectivity index (χ4n) is 2.54. The lowest BCUT2D eigenvalue weighted by Gasteiger charge is -2.18. The molecular weight excluding hydrogens is 366 g/mol. The van der Waals surface area contributed by atoms with E-state index in [1.165, 1.54) is 0 Å². The van der Waals surface area contributed by atoms with Gasteiger partial charge in [0.05, 0.1) is 19.9 Å². The molecule has 7 nitrogen and oxygen atoms in total. The smallest absolute Gasteiger partial charge is 0.191 e. The van der Waals surface area contributed by atoms with Crippen LogP contribution in [0, 0.1) is 0 Å². The molecule has 1 aliphatic rings. The summed E-state index contributed by atoms with van der Waals surface area (Å²) in [5.74, 6) is 2.73. The van der Waals surface area contributed by atoms with Crippen LogP contribution in [0.2, 0.25) is 0 Å². The Kier molecular flexibility index (Phi) is 5.97. The summed E-state index contributed by atoms with van der Waals surface area (Å²) in [6, 6.07) is 11.1. The second kappa shape index (κ2) is 8.59. The van der Waals surface area contributed by atoms with Gasteiger partial charge in [0, 0.05) is 17.3 Å². The predicted octanol–water partition coefficient (Wildman–Crippen LogP) is 3.19. The van der Waals surface area contributed by atoms with Gasteiger partial charge in [-0.2, -0.15) is 5.10 Å². The first-order valence-corrected chi connectivity index (χ1v) is 8.75. The maximum absolute atomic E-state index is 5.60. The minimum atomic E-state index is 0.360. The van der Waals surface area contributed by atoms with Gasteiger partial charge in [-0.05, 0) is 49.5 Å². The van der Waals surface area contributed by atoms with E-state index in [1.807, 2.05) is 31.2 Å². The predicted molar refractivity (Wildman–Crippen MR) is 109 cm³/mol. The molecule has 0 fully saturated rings.